The van der Waals surface area contributed by atoms with Crippen molar-refractivity contribution >= 4 is 17.7 Å². The standard InChI is InChI=1S/C11H10ClF/c1-8(2)3-4-9-5-6-10(13)7-11(9)12/h3-7H,1H2,2H3/b4-3+. The smallest absolute Gasteiger partial charge is 0.124 e. The molecular formula is C11H10ClF. The summed E-state index contributed by atoms with van der Waals surface area (Å²) >= 11 is 5.79. The van der Waals surface area contributed by atoms with Gasteiger partial charge in [0.25, 0.3) is 0 Å². The molecule has 13 heavy (non-hydrogen) atoms. The fourth-order valence-electron chi connectivity index (χ4n) is 0.869. The number of hydrogen-bond acceptors (Lipinski definition) is 0. The summed E-state index contributed by atoms with van der Waals surface area (Å²) in [4.78, 5) is 0. The number of rotatable bonds is 2. The molecule has 1 rings (SSSR count). The van der Waals surface area contributed by atoms with E-state index in [4.69, 9.17) is 11.6 Å². The molecule has 2 heteroatoms. The fourth-order valence-corrected chi connectivity index (χ4v) is 1.10. The minimum atomic E-state index is -0.322. The van der Waals surface area contributed by atoms with E-state index in [1.165, 1.54) is 12.1 Å². The molecule has 0 bridgehead atoms. The fraction of sp³-hybridized carbons (Fsp3) is 0.0909. The highest BCUT2D eigenvalue weighted by molar-refractivity contribution is 6.32. The zero-order valence-corrected chi connectivity index (χ0v) is 8.11. The normalized spacial score (nSPS) is 10.7. The van der Waals surface area contributed by atoms with Crippen LogP contribution in [0.4, 0.5) is 4.39 Å². The van der Waals surface area contributed by atoms with E-state index in [-0.39, 0.29) is 5.82 Å². The molecule has 1 aromatic rings. The van der Waals surface area contributed by atoms with Crippen molar-refractivity contribution in [3.8, 4) is 0 Å². The molecule has 0 spiro atoms. The first-order valence-corrected chi connectivity index (χ1v) is 4.26. The first-order chi connectivity index (χ1) is 6.09. The first-order valence-electron chi connectivity index (χ1n) is 3.88. The van der Waals surface area contributed by atoms with Crippen molar-refractivity contribution < 1.29 is 4.39 Å². The van der Waals surface area contributed by atoms with Crippen molar-refractivity contribution in [1.29, 1.82) is 0 Å². The van der Waals surface area contributed by atoms with Crippen LogP contribution in [0.5, 0.6) is 0 Å². The van der Waals surface area contributed by atoms with Crippen LogP contribution in [0.1, 0.15) is 12.5 Å². The van der Waals surface area contributed by atoms with Gasteiger partial charge in [0.2, 0.25) is 0 Å². The van der Waals surface area contributed by atoms with Crippen LogP contribution in [0.15, 0.2) is 36.4 Å². The second-order valence-corrected chi connectivity index (χ2v) is 3.25. The zero-order chi connectivity index (χ0) is 9.84. The second-order valence-electron chi connectivity index (χ2n) is 2.85. The third kappa shape index (κ3) is 3.03. The molecule has 0 amide bonds. The Kier molecular flexibility index (Phi) is 3.26. The lowest BCUT2D eigenvalue weighted by Crippen LogP contribution is -1.78. The molecule has 0 heterocycles. The molecule has 0 radical (unpaired) electrons. The van der Waals surface area contributed by atoms with Crippen molar-refractivity contribution in [2.75, 3.05) is 0 Å². The maximum atomic E-state index is 12.6. The largest absolute Gasteiger partial charge is 0.207 e. The molecule has 0 saturated heterocycles. The van der Waals surface area contributed by atoms with E-state index >= 15 is 0 Å². The van der Waals surface area contributed by atoms with Gasteiger partial charge in [-0.25, -0.2) is 4.39 Å². The van der Waals surface area contributed by atoms with Gasteiger partial charge in [-0.05, 0) is 24.6 Å². The molecular weight excluding hydrogens is 187 g/mol. The summed E-state index contributed by atoms with van der Waals surface area (Å²) in [5, 5.41) is 0.414. The Bertz CT molecular complexity index is 353. The molecule has 0 aliphatic heterocycles. The summed E-state index contributed by atoms with van der Waals surface area (Å²) in [6, 6.07) is 4.31. The average molecular weight is 197 g/mol. The number of hydrogen-bond donors (Lipinski definition) is 0. The molecule has 0 atom stereocenters. The molecule has 1 aromatic carbocycles. The second kappa shape index (κ2) is 4.24. The number of halogens is 2. The van der Waals surface area contributed by atoms with E-state index in [2.05, 4.69) is 6.58 Å². The zero-order valence-electron chi connectivity index (χ0n) is 7.35. The maximum absolute atomic E-state index is 12.6. The summed E-state index contributed by atoms with van der Waals surface area (Å²) < 4.78 is 12.6. The van der Waals surface area contributed by atoms with E-state index in [0.29, 0.717) is 5.02 Å². The molecule has 0 N–H and O–H groups in total. The van der Waals surface area contributed by atoms with Crippen LogP contribution in [-0.4, -0.2) is 0 Å². The summed E-state index contributed by atoms with van der Waals surface area (Å²) in [5.74, 6) is -0.322. The molecule has 0 fully saturated rings. The van der Waals surface area contributed by atoms with Crippen molar-refractivity contribution in [3.63, 3.8) is 0 Å². The molecule has 68 valence electrons. The lowest BCUT2D eigenvalue weighted by Gasteiger charge is -1.97. The predicted molar refractivity (Wildman–Crippen MR) is 55.3 cm³/mol. The SMILES string of the molecule is C=C(C)/C=C/c1ccc(F)cc1Cl. The third-order valence-electron chi connectivity index (χ3n) is 1.51. The summed E-state index contributed by atoms with van der Waals surface area (Å²) in [6.45, 7) is 5.60. The van der Waals surface area contributed by atoms with Crippen molar-refractivity contribution in [3.05, 3.63) is 52.8 Å². The molecule has 0 nitrogen and oxygen atoms in total. The molecule has 0 aliphatic carbocycles. The van der Waals surface area contributed by atoms with Crippen molar-refractivity contribution in [1.82, 2.24) is 0 Å². The number of allylic oxidation sites excluding steroid dienone is 2. The lowest BCUT2D eigenvalue weighted by atomic mass is 10.2. The highest BCUT2D eigenvalue weighted by atomic mass is 35.5. The van der Waals surface area contributed by atoms with Crippen LogP contribution in [0.25, 0.3) is 6.08 Å². The minimum Gasteiger partial charge on any atom is -0.207 e. The summed E-state index contributed by atoms with van der Waals surface area (Å²) in [5.41, 5.74) is 1.73. The Morgan fingerprint density at radius 3 is 2.77 bits per heavy atom. The quantitative estimate of drug-likeness (QED) is 0.626. The van der Waals surface area contributed by atoms with E-state index in [0.717, 1.165) is 11.1 Å². The maximum Gasteiger partial charge on any atom is 0.124 e. The van der Waals surface area contributed by atoms with Gasteiger partial charge in [-0.3, -0.25) is 0 Å². The molecule has 0 aliphatic rings. The van der Waals surface area contributed by atoms with Crippen LogP contribution >= 0.6 is 11.6 Å². The van der Waals surface area contributed by atoms with E-state index in [1.807, 2.05) is 19.1 Å². The Labute approximate surface area is 82.3 Å². The van der Waals surface area contributed by atoms with Crippen LogP contribution in [-0.2, 0) is 0 Å². The monoisotopic (exact) mass is 196 g/mol. The lowest BCUT2D eigenvalue weighted by molar-refractivity contribution is 0.628. The van der Waals surface area contributed by atoms with E-state index in [1.54, 1.807) is 6.07 Å². The van der Waals surface area contributed by atoms with Crippen LogP contribution in [0.3, 0.4) is 0 Å². The van der Waals surface area contributed by atoms with Crippen molar-refractivity contribution in [2.24, 2.45) is 0 Å². The molecule has 0 saturated carbocycles. The Hall–Kier alpha value is -1.08. The van der Waals surface area contributed by atoms with Gasteiger partial charge in [0.15, 0.2) is 0 Å². The van der Waals surface area contributed by atoms with Crippen LogP contribution < -0.4 is 0 Å². The topological polar surface area (TPSA) is 0 Å². The average Bonchev–Trinajstić information content (AvgIpc) is 2.02. The number of benzene rings is 1. The molecule has 0 unspecified atom stereocenters. The van der Waals surface area contributed by atoms with Gasteiger partial charge in [0.05, 0.1) is 5.02 Å². The van der Waals surface area contributed by atoms with Gasteiger partial charge in [-0.1, -0.05) is 42.0 Å². The van der Waals surface area contributed by atoms with Gasteiger partial charge in [0, 0.05) is 0 Å². The Morgan fingerprint density at radius 1 is 1.54 bits per heavy atom. The Morgan fingerprint density at radius 2 is 2.23 bits per heavy atom. The van der Waals surface area contributed by atoms with E-state index < -0.39 is 0 Å². The van der Waals surface area contributed by atoms with Crippen molar-refractivity contribution in [2.45, 2.75) is 6.92 Å². The first kappa shape index (κ1) is 10.0. The van der Waals surface area contributed by atoms with Gasteiger partial charge in [-0.2, -0.15) is 0 Å². The predicted octanol–water partition coefficient (Wildman–Crippen LogP) is 4.07. The van der Waals surface area contributed by atoms with Crippen LogP contribution in [0.2, 0.25) is 5.02 Å². The minimum absolute atomic E-state index is 0.322. The van der Waals surface area contributed by atoms with Gasteiger partial charge < -0.3 is 0 Å². The van der Waals surface area contributed by atoms with Gasteiger partial charge >= 0.3 is 0 Å². The summed E-state index contributed by atoms with van der Waals surface area (Å²) in [7, 11) is 0. The highest BCUT2D eigenvalue weighted by Gasteiger charge is 1.97. The van der Waals surface area contributed by atoms with Crippen LogP contribution in [0, 0.1) is 5.82 Å². The van der Waals surface area contributed by atoms with Gasteiger partial charge in [0.1, 0.15) is 5.82 Å². The third-order valence-corrected chi connectivity index (χ3v) is 1.84. The molecule has 0 aromatic heterocycles. The Balaban J connectivity index is 2.96. The highest BCUT2D eigenvalue weighted by Crippen LogP contribution is 2.18. The van der Waals surface area contributed by atoms with E-state index in [9.17, 15) is 4.39 Å². The summed E-state index contributed by atoms with van der Waals surface area (Å²) in [6.07, 6.45) is 3.64. The van der Waals surface area contributed by atoms with Gasteiger partial charge in [-0.15, -0.1) is 0 Å².